The maximum absolute atomic E-state index is 10.8. The van der Waals surface area contributed by atoms with E-state index in [2.05, 4.69) is 43.0 Å². The third-order valence-corrected chi connectivity index (χ3v) is 3.54. The van der Waals surface area contributed by atoms with Gasteiger partial charge in [-0.25, -0.2) is 9.50 Å². The molecule has 0 atom stereocenters. The van der Waals surface area contributed by atoms with Crippen LogP contribution in [0, 0.1) is 10.1 Å². The molecule has 0 bridgehead atoms. The van der Waals surface area contributed by atoms with Crippen molar-refractivity contribution in [1.29, 1.82) is 0 Å². The van der Waals surface area contributed by atoms with Crippen LogP contribution >= 0.6 is 0 Å². The third-order valence-electron chi connectivity index (χ3n) is 3.54. The number of hydrogen-bond acceptors (Lipinski definition) is 4. The van der Waals surface area contributed by atoms with Crippen LogP contribution in [-0.2, 0) is 5.41 Å². The summed E-state index contributed by atoms with van der Waals surface area (Å²) in [6.07, 6.45) is 1.37. The third kappa shape index (κ3) is 2.55. The van der Waals surface area contributed by atoms with Crippen LogP contribution in [-0.4, -0.2) is 19.5 Å². The topological polar surface area (TPSA) is 73.3 Å². The number of pyridine rings is 1. The lowest BCUT2D eigenvalue weighted by atomic mass is 9.87. The molecule has 0 unspecified atom stereocenters. The van der Waals surface area contributed by atoms with Gasteiger partial charge in [-0.1, -0.05) is 45.0 Å². The number of fused-ring (bicyclic) bond motifs is 1. The molecule has 0 fully saturated rings. The summed E-state index contributed by atoms with van der Waals surface area (Å²) in [6, 6.07) is 11.1. The van der Waals surface area contributed by atoms with Gasteiger partial charge in [0.15, 0.2) is 11.5 Å². The van der Waals surface area contributed by atoms with Gasteiger partial charge in [-0.2, -0.15) is 0 Å². The highest BCUT2D eigenvalue weighted by Gasteiger charge is 2.15. The lowest BCUT2D eigenvalue weighted by Crippen LogP contribution is -2.10. The Kier molecular flexibility index (Phi) is 3.16. The largest absolute Gasteiger partial charge is 0.287 e. The van der Waals surface area contributed by atoms with E-state index in [9.17, 15) is 10.1 Å². The van der Waals surface area contributed by atoms with Crippen LogP contribution in [0.25, 0.3) is 17.0 Å². The molecule has 22 heavy (non-hydrogen) atoms. The lowest BCUT2D eigenvalue weighted by molar-refractivity contribution is -0.385. The Morgan fingerprint density at radius 2 is 1.77 bits per heavy atom. The van der Waals surface area contributed by atoms with Gasteiger partial charge < -0.3 is 0 Å². The van der Waals surface area contributed by atoms with Crippen molar-refractivity contribution < 1.29 is 4.92 Å². The molecule has 2 heterocycles. The summed E-state index contributed by atoms with van der Waals surface area (Å²) in [7, 11) is 0. The van der Waals surface area contributed by atoms with Crippen LogP contribution in [0.2, 0.25) is 0 Å². The summed E-state index contributed by atoms with van der Waals surface area (Å²) in [5.41, 5.74) is 2.79. The summed E-state index contributed by atoms with van der Waals surface area (Å²) >= 11 is 0. The molecule has 0 radical (unpaired) electrons. The summed E-state index contributed by atoms with van der Waals surface area (Å²) < 4.78 is 1.44. The van der Waals surface area contributed by atoms with Crippen LogP contribution in [0.15, 0.2) is 42.6 Å². The van der Waals surface area contributed by atoms with Crippen LogP contribution in [0.5, 0.6) is 0 Å². The van der Waals surface area contributed by atoms with Crippen LogP contribution < -0.4 is 0 Å². The Morgan fingerprint density at radius 3 is 2.36 bits per heavy atom. The number of benzene rings is 1. The fraction of sp³-hybridized carbons (Fsp3) is 0.250. The second-order valence-electron chi connectivity index (χ2n) is 6.21. The SMILES string of the molecule is CC(C)(C)c1ccc(-c2nc3ccc([N+](=O)[O-])cn3n2)cc1. The minimum absolute atomic E-state index is 0.00738. The van der Waals surface area contributed by atoms with Crippen molar-refractivity contribution in [3.63, 3.8) is 0 Å². The summed E-state index contributed by atoms with van der Waals surface area (Å²) in [5.74, 6) is 0.556. The first-order valence-corrected chi connectivity index (χ1v) is 6.96. The van der Waals surface area contributed by atoms with E-state index >= 15 is 0 Å². The molecule has 0 amide bonds. The molecule has 0 N–H and O–H groups in total. The summed E-state index contributed by atoms with van der Waals surface area (Å²) in [6.45, 7) is 6.47. The molecular weight excluding hydrogens is 280 g/mol. The van der Waals surface area contributed by atoms with E-state index in [1.165, 1.54) is 22.3 Å². The van der Waals surface area contributed by atoms with Gasteiger partial charge in [0.25, 0.3) is 5.69 Å². The maximum Gasteiger partial charge on any atom is 0.287 e. The molecular formula is C16H16N4O2. The monoisotopic (exact) mass is 296 g/mol. The zero-order valence-corrected chi connectivity index (χ0v) is 12.6. The molecule has 3 aromatic rings. The highest BCUT2D eigenvalue weighted by Crippen LogP contribution is 2.25. The van der Waals surface area contributed by atoms with Crippen molar-refractivity contribution in [1.82, 2.24) is 14.6 Å². The Bertz CT molecular complexity index is 845. The van der Waals surface area contributed by atoms with Crippen LogP contribution in [0.1, 0.15) is 26.3 Å². The van der Waals surface area contributed by atoms with Crippen molar-refractivity contribution >= 4 is 11.3 Å². The van der Waals surface area contributed by atoms with E-state index in [-0.39, 0.29) is 11.1 Å². The van der Waals surface area contributed by atoms with E-state index in [1.807, 2.05) is 12.1 Å². The van der Waals surface area contributed by atoms with Gasteiger partial charge >= 0.3 is 0 Å². The molecule has 0 saturated heterocycles. The second-order valence-corrected chi connectivity index (χ2v) is 6.21. The summed E-state index contributed by atoms with van der Waals surface area (Å²) in [5, 5.41) is 15.1. The van der Waals surface area contributed by atoms with Gasteiger partial charge in [-0.15, -0.1) is 5.10 Å². The number of aromatic nitrogens is 3. The molecule has 6 nitrogen and oxygen atoms in total. The Balaban J connectivity index is 2.01. The highest BCUT2D eigenvalue weighted by molar-refractivity contribution is 5.59. The molecule has 6 heteroatoms. The van der Waals surface area contributed by atoms with Gasteiger partial charge in [0.1, 0.15) is 6.20 Å². The minimum Gasteiger partial charge on any atom is -0.258 e. The Morgan fingerprint density at radius 1 is 1.09 bits per heavy atom. The van der Waals surface area contributed by atoms with E-state index in [4.69, 9.17) is 0 Å². The number of nitrogens with zero attached hydrogens (tertiary/aromatic N) is 4. The molecule has 0 spiro atoms. The second kappa shape index (κ2) is 4.91. The van der Waals surface area contributed by atoms with E-state index in [0.29, 0.717) is 11.5 Å². The number of rotatable bonds is 2. The minimum atomic E-state index is -0.446. The van der Waals surface area contributed by atoms with Gasteiger partial charge in [0, 0.05) is 11.6 Å². The number of nitro groups is 1. The summed E-state index contributed by atoms with van der Waals surface area (Å²) in [4.78, 5) is 14.8. The average Bonchev–Trinajstić information content (AvgIpc) is 2.89. The van der Waals surface area contributed by atoms with Crippen molar-refractivity contribution in [2.24, 2.45) is 0 Å². The molecule has 0 aliphatic carbocycles. The van der Waals surface area contributed by atoms with Crippen molar-refractivity contribution in [3.05, 3.63) is 58.3 Å². The zero-order chi connectivity index (χ0) is 15.9. The fourth-order valence-corrected chi connectivity index (χ4v) is 2.22. The predicted octanol–water partition coefficient (Wildman–Crippen LogP) is 3.60. The standard InChI is InChI=1S/C16H16N4O2/c1-16(2,3)12-6-4-11(5-7-12)15-17-14-9-8-13(20(21)22)10-19(14)18-15/h4-10H,1-3H3. The number of hydrogen-bond donors (Lipinski definition) is 0. The highest BCUT2D eigenvalue weighted by atomic mass is 16.6. The average molecular weight is 296 g/mol. The van der Waals surface area contributed by atoms with E-state index in [0.717, 1.165) is 5.56 Å². The predicted molar refractivity (Wildman–Crippen MR) is 83.8 cm³/mol. The smallest absolute Gasteiger partial charge is 0.258 e. The normalized spacial score (nSPS) is 11.8. The molecule has 3 rings (SSSR count). The van der Waals surface area contributed by atoms with Crippen molar-refractivity contribution in [2.45, 2.75) is 26.2 Å². The fourth-order valence-electron chi connectivity index (χ4n) is 2.22. The molecule has 0 aliphatic heterocycles. The van der Waals surface area contributed by atoms with Crippen LogP contribution in [0.3, 0.4) is 0 Å². The quantitative estimate of drug-likeness (QED) is 0.535. The van der Waals surface area contributed by atoms with Crippen molar-refractivity contribution in [2.75, 3.05) is 0 Å². The molecule has 2 aromatic heterocycles. The molecule has 1 aromatic carbocycles. The Hall–Kier alpha value is -2.76. The van der Waals surface area contributed by atoms with Gasteiger partial charge in [0.2, 0.25) is 0 Å². The first-order valence-electron chi connectivity index (χ1n) is 6.96. The van der Waals surface area contributed by atoms with Crippen molar-refractivity contribution in [3.8, 4) is 11.4 Å². The lowest BCUT2D eigenvalue weighted by Gasteiger charge is -2.18. The van der Waals surface area contributed by atoms with Gasteiger partial charge in [-0.05, 0) is 17.0 Å². The first-order chi connectivity index (χ1) is 10.3. The first kappa shape index (κ1) is 14.2. The van der Waals surface area contributed by atoms with E-state index in [1.54, 1.807) is 6.07 Å². The molecule has 112 valence electrons. The van der Waals surface area contributed by atoms with E-state index < -0.39 is 4.92 Å². The van der Waals surface area contributed by atoms with Gasteiger partial charge in [0.05, 0.1) is 4.92 Å². The van der Waals surface area contributed by atoms with Gasteiger partial charge in [-0.3, -0.25) is 10.1 Å². The molecule has 0 aliphatic rings. The Labute approximate surface area is 127 Å². The van der Waals surface area contributed by atoms with Crippen LogP contribution in [0.4, 0.5) is 5.69 Å². The molecule has 0 saturated carbocycles. The zero-order valence-electron chi connectivity index (χ0n) is 12.6. The maximum atomic E-state index is 10.8.